The van der Waals surface area contributed by atoms with Gasteiger partial charge in [-0.25, -0.2) is 0 Å². The molecule has 0 aliphatic rings. The number of aromatic nitrogens is 4. The molecule has 0 aliphatic heterocycles. The molecule has 0 saturated heterocycles. The van der Waals surface area contributed by atoms with Gasteiger partial charge in [0.1, 0.15) is 12.4 Å². The van der Waals surface area contributed by atoms with Crippen LogP contribution in [0.2, 0.25) is 5.02 Å². The van der Waals surface area contributed by atoms with Gasteiger partial charge in [0, 0.05) is 10.6 Å². The Bertz CT molecular complexity index is 1330. The SMILES string of the molecule is Cc1nn(Cc2ccccc2Cl)c(C)c1NC(=O)c1ccc(Cn2cc([N+](=O)[O-])cn2)cc1. The van der Waals surface area contributed by atoms with Crippen LogP contribution < -0.4 is 5.32 Å². The number of amides is 1. The van der Waals surface area contributed by atoms with Gasteiger partial charge in [-0.1, -0.05) is 41.9 Å². The lowest BCUT2D eigenvalue weighted by Crippen LogP contribution is -2.13. The number of nitrogens with zero attached hydrogens (tertiary/aromatic N) is 5. The van der Waals surface area contributed by atoms with E-state index >= 15 is 0 Å². The number of carbonyl (C=O) groups is 1. The highest BCUT2D eigenvalue weighted by Crippen LogP contribution is 2.23. The van der Waals surface area contributed by atoms with Crippen LogP contribution in [0.4, 0.5) is 11.4 Å². The molecule has 0 saturated carbocycles. The van der Waals surface area contributed by atoms with Gasteiger partial charge in [0.05, 0.1) is 35.1 Å². The summed E-state index contributed by atoms with van der Waals surface area (Å²) in [5.41, 5.74) is 4.45. The third-order valence-corrected chi connectivity index (χ3v) is 5.66. The predicted octanol–water partition coefficient (Wildman–Crippen LogP) is 4.61. The minimum absolute atomic E-state index is 0.0631. The summed E-state index contributed by atoms with van der Waals surface area (Å²) in [6.07, 6.45) is 2.57. The van der Waals surface area contributed by atoms with E-state index in [9.17, 15) is 14.9 Å². The molecule has 2 aromatic heterocycles. The maximum Gasteiger partial charge on any atom is 0.307 e. The van der Waals surface area contributed by atoms with Crippen LogP contribution in [0.1, 0.15) is 32.9 Å². The molecule has 2 heterocycles. The predicted molar refractivity (Wildman–Crippen MR) is 125 cm³/mol. The second kappa shape index (κ2) is 9.25. The van der Waals surface area contributed by atoms with Crippen molar-refractivity contribution in [2.24, 2.45) is 0 Å². The number of carbonyl (C=O) groups excluding carboxylic acids is 1. The molecule has 168 valence electrons. The first-order valence-corrected chi connectivity index (χ1v) is 10.5. The van der Waals surface area contributed by atoms with E-state index in [1.165, 1.54) is 17.1 Å². The quantitative estimate of drug-likeness (QED) is 0.317. The number of benzene rings is 2. The van der Waals surface area contributed by atoms with Gasteiger partial charge < -0.3 is 5.32 Å². The van der Waals surface area contributed by atoms with Crippen molar-refractivity contribution < 1.29 is 9.72 Å². The van der Waals surface area contributed by atoms with Crippen molar-refractivity contribution in [3.05, 3.63) is 104 Å². The van der Waals surface area contributed by atoms with Crippen molar-refractivity contribution in [3.63, 3.8) is 0 Å². The third kappa shape index (κ3) is 4.93. The summed E-state index contributed by atoms with van der Waals surface area (Å²) < 4.78 is 3.30. The summed E-state index contributed by atoms with van der Waals surface area (Å²) in [4.78, 5) is 23.1. The summed E-state index contributed by atoms with van der Waals surface area (Å²) in [5.74, 6) is -0.250. The van der Waals surface area contributed by atoms with Crippen molar-refractivity contribution in [2.45, 2.75) is 26.9 Å². The number of nitrogens with one attached hydrogen (secondary N) is 1. The Hall–Kier alpha value is -3.98. The summed E-state index contributed by atoms with van der Waals surface area (Å²) in [7, 11) is 0. The van der Waals surface area contributed by atoms with Crippen LogP contribution in [0.15, 0.2) is 60.9 Å². The van der Waals surface area contributed by atoms with E-state index in [0.717, 1.165) is 16.8 Å². The van der Waals surface area contributed by atoms with Gasteiger partial charge >= 0.3 is 5.69 Å². The maximum absolute atomic E-state index is 12.8. The summed E-state index contributed by atoms with van der Waals surface area (Å²) >= 11 is 6.27. The zero-order valence-electron chi connectivity index (χ0n) is 18.0. The summed E-state index contributed by atoms with van der Waals surface area (Å²) in [6.45, 7) is 4.61. The van der Waals surface area contributed by atoms with Gasteiger partial charge in [-0.15, -0.1) is 0 Å². The Labute approximate surface area is 194 Å². The topological polar surface area (TPSA) is 108 Å². The highest BCUT2D eigenvalue weighted by molar-refractivity contribution is 6.31. The van der Waals surface area contributed by atoms with Crippen molar-refractivity contribution in [1.29, 1.82) is 0 Å². The molecule has 0 aliphatic carbocycles. The van der Waals surface area contributed by atoms with E-state index in [1.807, 2.05) is 42.8 Å². The molecule has 10 heteroatoms. The smallest absolute Gasteiger partial charge is 0.307 e. The Morgan fingerprint density at radius 3 is 2.52 bits per heavy atom. The summed E-state index contributed by atoms with van der Waals surface area (Å²) in [6, 6.07) is 14.6. The fraction of sp³-hybridized carbons (Fsp3) is 0.174. The molecule has 2 aromatic carbocycles. The Kier molecular flexibility index (Phi) is 6.23. The van der Waals surface area contributed by atoms with Gasteiger partial charge in [0.15, 0.2) is 0 Å². The Morgan fingerprint density at radius 2 is 1.85 bits per heavy atom. The van der Waals surface area contributed by atoms with E-state index in [0.29, 0.717) is 35.1 Å². The molecule has 0 radical (unpaired) electrons. The molecule has 0 atom stereocenters. The highest BCUT2D eigenvalue weighted by Gasteiger charge is 2.16. The molecule has 0 fully saturated rings. The van der Waals surface area contributed by atoms with Gasteiger partial charge in [-0.3, -0.25) is 24.3 Å². The standard InChI is InChI=1S/C23H21ClN6O3/c1-15-22(16(2)29(27-15)13-19-5-3-4-6-21(19)24)26-23(31)18-9-7-17(8-10-18)12-28-14-20(11-25-28)30(32)33/h3-11,14H,12-13H2,1-2H3,(H,26,31). The lowest BCUT2D eigenvalue weighted by atomic mass is 10.1. The monoisotopic (exact) mass is 464 g/mol. The van der Waals surface area contributed by atoms with E-state index < -0.39 is 4.92 Å². The van der Waals surface area contributed by atoms with Gasteiger partial charge in [-0.05, 0) is 43.2 Å². The molecule has 1 N–H and O–H groups in total. The molecule has 9 nitrogen and oxygen atoms in total. The number of rotatable bonds is 7. The molecule has 33 heavy (non-hydrogen) atoms. The minimum atomic E-state index is -0.489. The van der Waals surface area contributed by atoms with Crippen molar-refractivity contribution in [1.82, 2.24) is 19.6 Å². The average molecular weight is 465 g/mol. The molecule has 0 bridgehead atoms. The first kappa shape index (κ1) is 22.2. The van der Waals surface area contributed by atoms with E-state index in [-0.39, 0.29) is 11.6 Å². The van der Waals surface area contributed by atoms with Gasteiger partial charge in [-0.2, -0.15) is 10.2 Å². The normalized spacial score (nSPS) is 10.9. The fourth-order valence-corrected chi connectivity index (χ4v) is 3.68. The number of anilines is 1. The third-order valence-electron chi connectivity index (χ3n) is 5.29. The largest absolute Gasteiger partial charge is 0.319 e. The molecule has 0 spiro atoms. The second-order valence-corrected chi connectivity index (χ2v) is 8.01. The average Bonchev–Trinajstić information content (AvgIpc) is 3.36. The lowest BCUT2D eigenvalue weighted by molar-refractivity contribution is -0.385. The lowest BCUT2D eigenvalue weighted by Gasteiger charge is -2.09. The number of hydrogen-bond acceptors (Lipinski definition) is 5. The van der Waals surface area contributed by atoms with Crippen molar-refractivity contribution >= 4 is 28.9 Å². The summed E-state index contributed by atoms with van der Waals surface area (Å²) in [5, 5.41) is 22.9. The van der Waals surface area contributed by atoms with Crippen molar-refractivity contribution in [3.8, 4) is 0 Å². The number of halogens is 1. The van der Waals surface area contributed by atoms with Crippen LogP contribution in [0.5, 0.6) is 0 Å². The molecule has 0 unspecified atom stereocenters. The molecular formula is C23H21ClN6O3. The molecule has 1 amide bonds. The Balaban J connectivity index is 1.45. The molecular weight excluding hydrogens is 444 g/mol. The minimum Gasteiger partial charge on any atom is -0.319 e. The highest BCUT2D eigenvalue weighted by atomic mass is 35.5. The zero-order chi connectivity index (χ0) is 23.5. The van der Waals surface area contributed by atoms with Crippen LogP contribution in [0.3, 0.4) is 0 Å². The second-order valence-electron chi connectivity index (χ2n) is 7.60. The zero-order valence-corrected chi connectivity index (χ0v) is 18.8. The molecule has 4 aromatic rings. The van der Waals surface area contributed by atoms with Crippen LogP contribution >= 0.6 is 11.6 Å². The van der Waals surface area contributed by atoms with Crippen LogP contribution in [-0.4, -0.2) is 30.4 Å². The van der Waals surface area contributed by atoms with E-state index in [2.05, 4.69) is 15.5 Å². The maximum atomic E-state index is 12.8. The number of nitro groups is 1. The Morgan fingerprint density at radius 1 is 1.12 bits per heavy atom. The van der Waals surface area contributed by atoms with Crippen molar-refractivity contribution in [2.75, 3.05) is 5.32 Å². The van der Waals surface area contributed by atoms with Crippen LogP contribution in [0.25, 0.3) is 0 Å². The first-order chi connectivity index (χ1) is 15.8. The van der Waals surface area contributed by atoms with Gasteiger partial charge in [0.2, 0.25) is 0 Å². The van der Waals surface area contributed by atoms with Gasteiger partial charge in [0.25, 0.3) is 5.91 Å². The fourth-order valence-electron chi connectivity index (χ4n) is 3.49. The molecule has 4 rings (SSSR count). The first-order valence-electron chi connectivity index (χ1n) is 10.2. The van der Waals surface area contributed by atoms with Crippen LogP contribution in [0, 0.1) is 24.0 Å². The van der Waals surface area contributed by atoms with Crippen LogP contribution in [-0.2, 0) is 13.1 Å². The van der Waals surface area contributed by atoms with E-state index in [4.69, 9.17) is 11.6 Å². The number of aryl methyl sites for hydroxylation is 1. The van der Waals surface area contributed by atoms with E-state index in [1.54, 1.807) is 24.3 Å². The number of hydrogen-bond donors (Lipinski definition) is 1.